The van der Waals surface area contributed by atoms with Crippen molar-refractivity contribution < 1.29 is 18.1 Å². The lowest BCUT2D eigenvalue weighted by atomic mass is 10.9. The van der Waals surface area contributed by atoms with E-state index in [9.17, 15) is 0 Å². The second-order valence-corrected chi connectivity index (χ2v) is 16.6. The van der Waals surface area contributed by atoms with E-state index in [1.54, 1.807) is 0 Å². The molecule has 4 nitrogen and oxygen atoms in total. The third-order valence-corrected chi connectivity index (χ3v) is 16.9. The maximum absolute atomic E-state index is 5.53. The van der Waals surface area contributed by atoms with Crippen LogP contribution < -0.4 is 0 Å². The molecule has 0 spiro atoms. The Balaban J connectivity index is 4.55. The van der Waals surface area contributed by atoms with Crippen molar-refractivity contribution in [3.63, 3.8) is 0 Å². The van der Waals surface area contributed by atoms with Crippen LogP contribution in [0.5, 0.6) is 0 Å². The highest BCUT2D eigenvalue weighted by atomic mass is 33.5. The standard InChI is InChI=1S/C8H20O4P2S4/c1-5-9-13(15,10-6-2)17-18-14(16,11-7-3)12-8-4/h5-8H2,1-4H3. The Bertz CT molecular complexity index is 265. The van der Waals surface area contributed by atoms with Crippen LogP contribution in [0.4, 0.5) is 0 Å². The molecule has 0 aromatic carbocycles. The van der Waals surface area contributed by atoms with Crippen LogP contribution in [0, 0.1) is 0 Å². The molecule has 0 aliphatic heterocycles. The third-order valence-electron chi connectivity index (χ3n) is 1.36. The summed E-state index contributed by atoms with van der Waals surface area (Å²) in [5.74, 6) is 0. The number of hydrogen-bond acceptors (Lipinski definition) is 8. The Labute approximate surface area is 127 Å². The van der Waals surface area contributed by atoms with E-state index >= 15 is 0 Å². The minimum Gasteiger partial charge on any atom is -0.321 e. The highest BCUT2D eigenvalue weighted by molar-refractivity contribution is 9.17. The number of rotatable bonds is 11. The molecule has 0 bridgehead atoms. The monoisotopic (exact) mass is 370 g/mol. The van der Waals surface area contributed by atoms with Crippen molar-refractivity contribution in [2.75, 3.05) is 26.4 Å². The topological polar surface area (TPSA) is 36.9 Å². The fourth-order valence-corrected chi connectivity index (χ4v) is 18.0. The normalized spacial score (nSPS) is 12.9. The number of hydrogen-bond donors (Lipinski definition) is 0. The van der Waals surface area contributed by atoms with Gasteiger partial charge in [0, 0.05) is 20.8 Å². The summed E-state index contributed by atoms with van der Waals surface area (Å²) in [6.45, 7) is 9.68. The molecule has 0 heterocycles. The molecule has 0 aromatic rings. The molecule has 110 valence electrons. The van der Waals surface area contributed by atoms with Gasteiger partial charge in [0.05, 0.1) is 26.4 Å². The molecule has 0 radical (unpaired) electrons. The van der Waals surface area contributed by atoms with Gasteiger partial charge >= 0.3 is 0 Å². The Kier molecular flexibility index (Phi) is 11.6. The Morgan fingerprint density at radius 1 is 0.667 bits per heavy atom. The van der Waals surface area contributed by atoms with Crippen molar-refractivity contribution in [2.24, 2.45) is 0 Å². The summed E-state index contributed by atoms with van der Waals surface area (Å²) < 4.78 is 22.1. The average Bonchev–Trinajstić information content (AvgIpc) is 2.28. The Morgan fingerprint density at radius 2 is 0.889 bits per heavy atom. The van der Waals surface area contributed by atoms with Gasteiger partial charge in [-0.15, -0.1) is 0 Å². The molecule has 10 heteroatoms. The molecule has 0 amide bonds. The predicted molar refractivity (Wildman–Crippen MR) is 90.3 cm³/mol. The van der Waals surface area contributed by atoms with Gasteiger partial charge in [0.25, 0.3) is 11.4 Å². The molecule has 0 fully saturated rings. The van der Waals surface area contributed by atoms with Crippen LogP contribution in [0.3, 0.4) is 0 Å². The summed E-state index contributed by atoms with van der Waals surface area (Å²) in [4.78, 5) is 0. The van der Waals surface area contributed by atoms with E-state index in [0.717, 1.165) is 0 Å². The quantitative estimate of drug-likeness (QED) is 0.373. The Morgan fingerprint density at radius 3 is 1.06 bits per heavy atom. The van der Waals surface area contributed by atoms with E-state index < -0.39 is 11.4 Å². The molecule has 0 aliphatic rings. The molecule has 0 rings (SSSR count). The van der Waals surface area contributed by atoms with Crippen molar-refractivity contribution in [3.05, 3.63) is 0 Å². The van der Waals surface area contributed by atoms with Gasteiger partial charge in [-0.3, -0.25) is 0 Å². The lowest BCUT2D eigenvalue weighted by molar-refractivity contribution is 0.279. The van der Waals surface area contributed by atoms with Gasteiger partial charge in [0.1, 0.15) is 0 Å². The SMILES string of the molecule is CCOP(=S)(OCC)SSP(=S)(OCC)OCC. The molecular weight excluding hydrogens is 350 g/mol. The van der Waals surface area contributed by atoms with E-state index in [2.05, 4.69) is 0 Å². The fraction of sp³-hybridized carbons (Fsp3) is 1.00. The van der Waals surface area contributed by atoms with Crippen LogP contribution >= 0.6 is 32.2 Å². The van der Waals surface area contributed by atoms with Crippen LogP contribution in [-0.4, -0.2) is 26.4 Å². The summed E-state index contributed by atoms with van der Waals surface area (Å²) in [7, 11) is 2.71. The van der Waals surface area contributed by atoms with Gasteiger partial charge < -0.3 is 18.1 Å². The predicted octanol–water partition coefficient (Wildman–Crippen LogP) is 4.96. The molecule has 0 N–H and O–H groups in total. The van der Waals surface area contributed by atoms with Gasteiger partial charge in [-0.2, -0.15) is 0 Å². The first-order valence-corrected chi connectivity index (χ1v) is 14.2. The average molecular weight is 370 g/mol. The summed E-state index contributed by atoms with van der Waals surface area (Å²) in [5, 5.41) is 0. The van der Waals surface area contributed by atoms with E-state index in [4.69, 9.17) is 41.7 Å². The largest absolute Gasteiger partial charge is 0.321 e. The third kappa shape index (κ3) is 8.20. The van der Waals surface area contributed by atoms with Gasteiger partial charge in [0.2, 0.25) is 0 Å². The lowest BCUT2D eigenvalue weighted by Crippen LogP contribution is -1.93. The van der Waals surface area contributed by atoms with Crippen molar-refractivity contribution in [1.82, 2.24) is 0 Å². The van der Waals surface area contributed by atoms with Crippen LogP contribution in [-0.2, 0) is 41.7 Å². The molecule has 0 atom stereocenters. The first-order valence-electron chi connectivity index (χ1n) is 5.61. The summed E-state index contributed by atoms with van der Waals surface area (Å²) in [5.41, 5.74) is -4.70. The zero-order valence-corrected chi connectivity index (χ0v) is 16.0. The van der Waals surface area contributed by atoms with Crippen LogP contribution in [0.25, 0.3) is 0 Å². The minimum atomic E-state index is -2.35. The molecule has 0 saturated carbocycles. The highest BCUT2D eigenvalue weighted by Crippen LogP contribution is 2.77. The van der Waals surface area contributed by atoms with Gasteiger partial charge in [-0.25, -0.2) is 0 Å². The van der Waals surface area contributed by atoms with Crippen molar-refractivity contribution in [3.8, 4) is 0 Å². The fourth-order valence-electron chi connectivity index (χ4n) is 0.875. The van der Waals surface area contributed by atoms with Crippen molar-refractivity contribution >= 4 is 55.8 Å². The molecule has 0 saturated heterocycles. The van der Waals surface area contributed by atoms with Crippen LogP contribution in [0.15, 0.2) is 0 Å². The Hall–Kier alpha value is 1.84. The van der Waals surface area contributed by atoms with E-state index in [1.165, 1.54) is 20.8 Å². The first-order chi connectivity index (χ1) is 8.45. The lowest BCUT2D eigenvalue weighted by Gasteiger charge is -2.23. The van der Waals surface area contributed by atoms with Gasteiger partial charge in [-0.05, 0) is 51.3 Å². The summed E-state index contributed by atoms with van der Waals surface area (Å²) >= 11 is 10.8. The van der Waals surface area contributed by atoms with E-state index in [0.29, 0.717) is 26.4 Å². The zero-order chi connectivity index (χ0) is 14.1. The molecule has 0 unspecified atom stereocenters. The van der Waals surface area contributed by atoms with E-state index in [-0.39, 0.29) is 0 Å². The minimum absolute atomic E-state index is 0.525. The molecule has 0 aliphatic carbocycles. The summed E-state index contributed by atoms with van der Waals surface area (Å²) in [6.07, 6.45) is 0. The molecule has 0 aromatic heterocycles. The van der Waals surface area contributed by atoms with Crippen LogP contribution in [0.1, 0.15) is 27.7 Å². The molecule has 18 heavy (non-hydrogen) atoms. The van der Waals surface area contributed by atoms with Gasteiger partial charge in [-0.1, -0.05) is 0 Å². The van der Waals surface area contributed by atoms with Gasteiger partial charge in [0.15, 0.2) is 0 Å². The molecular formula is C8H20O4P2S4. The van der Waals surface area contributed by atoms with Crippen molar-refractivity contribution in [2.45, 2.75) is 27.7 Å². The van der Waals surface area contributed by atoms with E-state index in [1.807, 2.05) is 27.7 Å². The zero-order valence-electron chi connectivity index (χ0n) is 11.0. The maximum atomic E-state index is 5.53. The van der Waals surface area contributed by atoms with Crippen molar-refractivity contribution in [1.29, 1.82) is 0 Å². The maximum Gasteiger partial charge on any atom is 0.258 e. The second-order valence-electron chi connectivity index (χ2n) is 2.71. The summed E-state index contributed by atoms with van der Waals surface area (Å²) in [6, 6.07) is 0. The van der Waals surface area contributed by atoms with Crippen LogP contribution in [0.2, 0.25) is 0 Å². The first kappa shape index (κ1) is 19.8. The smallest absolute Gasteiger partial charge is 0.258 e. The highest BCUT2D eigenvalue weighted by Gasteiger charge is 2.27. The second kappa shape index (κ2) is 10.6.